The molecule has 2 heterocycles. The van der Waals surface area contributed by atoms with Crippen LogP contribution in [0.15, 0.2) is 24.3 Å². The maximum atomic E-state index is 13.5. The number of likely N-dealkylation sites (tertiary alicyclic amines) is 1. The van der Waals surface area contributed by atoms with Crippen molar-refractivity contribution >= 4 is 17.5 Å². The number of ether oxygens (including phenoxy) is 1. The summed E-state index contributed by atoms with van der Waals surface area (Å²) in [5, 5.41) is 0. The average Bonchev–Trinajstić information content (AvgIpc) is 2.82. The predicted molar refractivity (Wildman–Crippen MR) is 123 cm³/mol. The van der Waals surface area contributed by atoms with E-state index in [1.807, 2.05) is 34.1 Å². The van der Waals surface area contributed by atoms with Gasteiger partial charge in [0.2, 0.25) is 5.91 Å². The molecule has 1 fully saturated rings. The van der Waals surface area contributed by atoms with E-state index in [1.165, 1.54) is 0 Å². The molecule has 31 heavy (non-hydrogen) atoms. The summed E-state index contributed by atoms with van der Waals surface area (Å²) in [5.41, 5.74) is 1.92. The molecular formula is C24H38N4O3. The molecule has 0 saturated carbocycles. The first-order valence-corrected chi connectivity index (χ1v) is 11.6. The minimum atomic E-state index is -0.0401. The fourth-order valence-corrected chi connectivity index (χ4v) is 4.62. The fraction of sp³-hybridized carbons (Fsp3) is 0.667. The molecular weight excluding hydrogens is 392 g/mol. The number of benzene rings is 1. The van der Waals surface area contributed by atoms with Gasteiger partial charge in [0, 0.05) is 44.9 Å². The second-order valence-corrected chi connectivity index (χ2v) is 8.73. The Bertz CT molecular complexity index is 733. The Labute approximate surface area is 186 Å². The van der Waals surface area contributed by atoms with Crippen molar-refractivity contribution in [3.05, 3.63) is 29.8 Å². The topological polar surface area (TPSA) is 56.3 Å². The smallest absolute Gasteiger partial charge is 0.252 e. The molecule has 7 heteroatoms. The maximum absolute atomic E-state index is 13.5. The molecule has 0 radical (unpaired) electrons. The van der Waals surface area contributed by atoms with Crippen LogP contribution in [0.2, 0.25) is 0 Å². The van der Waals surface area contributed by atoms with Gasteiger partial charge in [-0.25, -0.2) is 0 Å². The van der Waals surface area contributed by atoms with E-state index in [4.69, 9.17) is 4.74 Å². The van der Waals surface area contributed by atoms with E-state index in [0.717, 1.165) is 63.2 Å². The number of fused-ring (bicyclic) bond motifs is 1. The quantitative estimate of drug-likeness (QED) is 0.732. The molecule has 2 amide bonds. The highest BCUT2D eigenvalue weighted by atomic mass is 16.5. The van der Waals surface area contributed by atoms with Crippen LogP contribution >= 0.6 is 0 Å². The van der Waals surface area contributed by atoms with Gasteiger partial charge in [-0.2, -0.15) is 0 Å². The van der Waals surface area contributed by atoms with Crippen LogP contribution in [0.5, 0.6) is 0 Å². The number of methoxy groups -OCH3 is 1. The van der Waals surface area contributed by atoms with Gasteiger partial charge in [0.1, 0.15) is 6.61 Å². The van der Waals surface area contributed by atoms with E-state index in [-0.39, 0.29) is 24.3 Å². The molecule has 0 atom stereocenters. The molecule has 2 aliphatic heterocycles. The standard InChI is InChI=1S/C24H38N4O3/c1-4-26-14-10-20(11-15-26)24(30)27-17-16-25(2)12-7-13-28(23(29)19-31-3)22-9-6-5-8-21(22)18-27/h5-6,8-9,20H,4,7,10-19H2,1-3H3. The minimum absolute atomic E-state index is 0.0401. The van der Waals surface area contributed by atoms with Crippen molar-refractivity contribution in [2.24, 2.45) is 5.92 Å². The van der Waals surface area contributed by atoms with Gasteiger partial charge in [-0.15, -0.1) is 0 Å². The first-order chi connectivity index (χ1) is 15.0. The van der Waals surface area contributed by atoms with Gasteiger partial charge in [-0.1, -0.05) is 25.1 Å². The Morgan fingerprint density at radius 2 is 1.77 bits per heavy atom. The normalized spacial score (nSPS) is 20.2. The second kappa shape index (κ2) is 11.6. The number of piperidine rings is 1. The van der Waals surface area contributed by atoms with Crippen LogP contribution in [0.1, 0.15) is 31.7 Å². The highest BCUT2D eigenvalue weighted by Gasteiger charge is 2.29. The van der Waals surface area contributed by atoms with Gasteiger partial charge in [-0.05, 0) is 64.1 Å². The molecule has 0 aliphatic carbocycles. The van der Waals surface area contributed by atoms with Crippen LogP contribution in [-0.4, -0.2) is 93.1 Å². The number of likely N-dealkylation sites (N-methyl/N-ethyl adjacent to an activating group) is 1. The summed E-state index contributed by atoms with van der Waals surface area (Å²) >= 11 is 0. The van der Waals surface area contributed by atoms with E-state index in [1.54, 1.807) is 7.11 Å². The van der Waals surface area contributed by atoms with Crippen LogP contribution in [0, 0.1) is 5.92 Å². The van der Waals surface area contributed by atoms with E-state index < -0.39 is 0 Å². The first-order valence-electron chi connectivity index (χ1n) is 11.6. The van der Waals surface area contributed by atoms with Crippen LogP contribution in [0.4, 0.5) is 5.69 Å². The van der Waals surface area contributed by atoms with Crippen LogP contribution < -0.4 is 4.90 Å². The van der Waals surface area contributed by atoms with Crippen molar-refractivity contribution in [2.45, 2.75) is 32.7 Å². The summed E-state index contributed by atoms with van der Waals surface area (Å²) in [6.45, 7) is 8.90. The number of anilines is 1. The van der Waals surface area contributed by atoms with Crippen molar-refractivity contribution in [1.29, 1.82) is 0 Å². The van der Waals surface area contributed by atoms with Crippen LogP contribution in [0.25, 0.3) is 0 Å². The Balaban J connectivity index is 1.85. The SMILES string of the molecule is CCN1CCC(C(=O)N2CCN(C)CCCN(C(=O)COC)c3ccccc3C2)CC1. The van der Waals surface area contributed by atoms with Crippen molar-refractivity contribution in [3.8, 4) is 0 Å². The largest absolute Gasteiger partial charge is 0.375 e. The van der Waals surface area contributed by atoms with Gasteiger partial charge in [0.25, 0.3) is 5.91 Å². The van der Waals surface area contributed by atoms with E-state index in [2.05, 4.69) is 23.8 Å². The summed E-state index contributed by atoms with van der Waals surface area (Å²) in [7, 11) is 3.64. The number of carbonyl (C=O) groups excluding carboxylic acids is 2. The van der Waals surface area contributed by atoms with E-state index in [9.17, 15) is 9.59 Å². The summed E-state index contributed by atoms with van der Waals surface area (Å²) < 4.78 is 5.13. The highest BCUT2D eigenvalue weighted by molar-refractivity contribution is 5.95. The Hall–Kier alpha value is -1.96. The number of rotatable bonds is 4. The molecule has 0 bridgehead atoms. The Kier molecular flexibility index (Phi) is 8.87. The molecule has 2 aliphatic rings. The highest BCUT2D eigenvalue weighted by Crippen LogP contribution is 2.26. The summed E-state index contributed by atoms with van der Waals surface area (Å²) in [5.74, 6) is 0.311. The molecule has 3 rings (SSSR count). The predicted octanol–water partition coefficient (Wildman–Crippen LogP) is 2.06. The Morgan fingerprint density at radius 3 is 2.48 bits per heavy atom. The lowest BCUT2D eigenvalue weighted by atomic mass is 9.95. The third-order valence-corrected chi connectivity index (χ3v) is 6.58. The number of nitrogens with zero attached hydrogens (tertiary/aromatic N) is 4. The van der Waals surface area contributed by atoms with Gasteiger partial charge in [0.15, 0.2) is 0 Å². The number of hydrogen-bond donors (Lipinski definition) is 0. The summed E-state index contributed by atoms with van der Waals surface area (Å²) in [4.78, 5) is 34.9. The van der Waals surface area contributed by atoms with Crippen molar-refractivity contribution in [3.63, 3.8) is 0 Å². The van der Waals surface area contributed by atoms with Gasteiger partial charge >= 0.3 is 0 Å². The molecule has 7 nitrogen and oxygen atoms in total. The monoisotopic (exact) mass is 430 g/mol. The molecule has 0 aromatic heterocycles. The van der Waals surface area contributed by atoms with Gasteiger partial charge < -0.3 is 24.3 Å². The van der Waals surface area contributed by atoms with Crippen LogP contribution in [-0.2, 0) is 20.9 Å². The molecule has 0 spiro atoms. The van der Waals surface area contributed by atoms with Crippen molar-refractivity contribution < 1.29 is 14.3 Å². The lowest BCUT2D eigenvalue weighted by molar-refractivity contribution is -0.138. The minimum Gasteiger partial charge on any atom is -0.375 e. The van der Waals surface area contributed by atoms with Crippen molar-refractivity contribution in [1.82, 2.24) is 14.7 Å². The van der Waals surface area contributed by atoms with Crippen LogP contribution in [0.3, 0.4) is 0 Å². The number of carbonyl (C=O) groups is 2. The second-order valence-electron chi connectivity index (χ2n) is 8.73. The summed E-state index contributed by atoms with van der Waals surface area (Å²) in [6, 6.07) is 7.99. The third-order valence-electron chi connectivity index (χ3n) is 6.58. The number of para-hydroxylation sites is 1. The summed E-state index contributed by atoms with van der Waals surface area (Å²) in [6.07, 6.45) is 2.74. The zero-order valence-electron chi connectivity index (χ0n) is 19.4. The van der Waals surface area contributed by atoms with Gasteiger partial charge in [0.05, 0.1) is 0 Å². The number of amides is 2. The van der Waals surface area contributed by atoms with E-state index >= 15 is 0 Å². The zero-order valence-corrected chi connectivity index (χ0v) is 19.4. The Morgan fingerprint density at radius 1 is 1.03 bits per heavy atom. The van der Waals surface area contributed by atoms with E-state index in [0.29, 0.717) is 19.6 Å². The molecule has 1 aromatic rings. The molecule has 1 aromatic carbocycles. The third kappa shape index (κ3) is 6.28. The average molecular weight is 431 g/mol. The van der Waals surface area contributed by atoms with Gasteiger partial charge in [-0.3, -0.25) is 9.59 Å². The maximum Gasteiger partial charge on any atom is 0.252 e. The first kappa shape index (κ1) is 23.7. The van der Waals surface area contributed by atoms with Crippen molar-refractivity contribution in [2.75, 3.05) is 71.5 Å². The number of hydrogen-bond acceptors (Lipinski definition) is 5. The lowest BCUT2D eigenvalue weighted by Gasteiger charge is -2.34. The molecule has 172 valence electrons. The fourth-order valence-electron chi connectivity index (χ4n) is 4.62. The molecule has 0 N–H and O–H groups in total. The zero-order chi connectivity index (χ0) is 22.2. The molecule has 0 unspecified atom stereocenters. The lowest BCUT2D eigenvalue weighted by Crippen LogP contribution is -2.44. The molecule has 1 saturated heterocycles.